The number of amides is 2. The van der Waals surface area contributed by atoms with Crippen LogP contribution in [0.5, 0.6) is 5.75 Å². The highest BCUT2D eigenvalue weighted by atomic mass is 16.5. The predicted octanol–water partition coefficient (Wildman–Crippen LogP) is 2.88. The van der Waals surface area contributed by atoms with Crippen LogP contribution in [0.15, 0.2) is 48.5 Å². The molecule has 0 spiro atoms. The Hall–Kier alpha value is -3.35. The molecule has 1 aliphatic rings. The van der Waals surface area contributed by atoms with E-state index in [4.69, 9.17) is 9.84 Å². The third-order valence-electron chi connectivity index (χ3n) is 4.87. The summed E-state index contributed by atoms with van der Waals surface area (Å²) >= 11 is 0. The maximum Gasteiger partial charge on any atom is 0.339 e. The molecule has 2 amide bonds. The quantitative estimate of drug-likeness (QED) is 0.829. The normalized spacial score (nSPS) is 14.4. The third kappa shape index (κ3) is 4.31. The smallest absolute Gasteiger partial charge is 0.339 e. The molecule has 2 aromatic carbocycles. The average molecular weight is 382 g/mol. The van der Waals surface area contributed by atoms with Crippen molar-refractivity contribution in [2.75, 3.05) is 25.5 Å². The van der Waals surface area contributed by atoms with E-state index in [2.05, 4.69) is 5.32 Å². The van der Waals surface area contributed by atoms with Crippen LogP contribution in [0.3, 0.4) is 0 Å². The summed E-state index contributed by atoms with van der Waals surface area (Å²) in [7, 11) is 1.38. The molecule has 1 saturated heterocycles. The standard InChI is InChI=1S/C21H22N2O5/c1-28-18-13-16(7-8-17(18)21(26)27)22-19(24)14-9-11-23(12-10-14)20(25)15-5-3-2-4-6-15/h2-8,13-14H,9-12H2,1H3,(H,22,24)(H,26,27). The van der Waals surface area contributed by atoms with Gasteiger partial charge in [-0.25, -0.2) is 4.79 Å². The van der Waals surface area contributed by atoms with Gasteiger partial charge in [-0.2, -0.15) is 0 Å². The zero-order chi connectivity index (χ0) is 20.1. The summed E-state index contributed by atoms with van der Waals surface area (Å²) in [4.78, 5) is 38.0. The number of rotatable bonds is 5. The summed E-state index contributed by atoms with van der Waals surface area (Å²) < 4.78 is 5.08. The molecular formula is C21H22N2O5. The minimum Gasteiger partial charge on any atom is -0.496 e. The van der Waals surface area contributed by atoms with Crippen LogP contribution in [0.25, 0.3) is 0 Å². The lowest BCUT2D eigenvalue weighted by atomic mass is 9.95. The summed E-state index contributed by atoms with van der Waals surface area (Å²) in [6.07, 6.45) is 1.16. The van der Waals surface area contributed by atoms with Crippen molar-refractivity contribution in [1.29, 1.82) is 0 Å². The van der Waals surface area contributed by atoms with E-state index in [0.717, 1.165) is 0 Å². The molecule has 3 rings (SSSR count). The molecule has 0 aromatic heterocycles. The third-order valence-corrected chi connectivity index (χ3v) is 4.87. The van der Waals surface area contributed by atoms with Gasteiger partial charge in [0.1, 0.15) is 11.3 Å². The molecule has 1 aliphatic heterocycles. The molecule has 146 valence electrons. The van der Waals surface area contributed by atoms with E-state index in [1.54, 1.807) is 17.0 Å². The van der Waals surface area contributed by atoms with Crippen molar-refractivity contribution in [2.45, 2.75) is 12.8 Å². The minimum atomic E-state index is -1.09. The average Bonchev–Trinajstić information content (AvgIpc) is 2.73. The Morgan fingerprint density at radius 3 is 2.36 bits per heavy atom. The highest BCUT2D eigenvalue weighted by molar-refractivity contribution is 5.96. The summed E-state index contributed by atoms with van der Waals surface area (Å²) in [5.41, 5.74) is 1.17. The lowest BCUT2D eigenvalue weighted by Crippen LogP contribution is -2.41. The Balaban J connectivity index is 1.58. The second-order valence-corrected chi connectivity index (χ2v) is 6.64. The van der Waals surface area contributed by atoms with Crippen LogP contribution in [0.1, 0.15) is 33.6 Å². The summed E-state index contributed by atoms with van der Waals surface area (Å²) in [6, 6.07) is 13.5. The number of carbonyl (C=O) groups is 3. The monoisotopic (exact) mass is 382 g/mol. The molecule has 7 heteroatoms. The topological polar surface area (TPSA) is 95.9 Å². The second-order valence-electron chi connectivity index (χ2n) is 6.64. The Kier molecular flexibility index (Phi) is 5.93. The fourth-order valence-corrected chi connectivity index (χ4v) is 3.30. The minimum absolute atomic E-state index is 0.0200. The number of piperidine rings is 1. The Morgan fingerprint density at radius 2 is 1.75 bits per heavy atom. The highest BCUT2D eigenvalue weighted by Crippen LogP contribution is 2.25. The molecule has 0 radical (unpaired) electrons. The van der Waals surface area contributed by atoms with Crippen LogP contribution in [-0.4, -0.2) is 48.0 Å². The Bertz CT molecular complexity index is 874. The molecule has 1 heterocycles. The molecule has 0 atom stereocenters. The molecule has 7 nitrogen and oxygen atoms in total. The van der Waals surface area contributed by atoms with Gasteiger partial charge in [0.25, 0.3) is 5.91 Å². The maximum absolute atomic E-state index is 12.6. The van der Waals surface area contributed by atoms with Gasteiger partial charge >= 0.3 is 5.97 Å². The van der Waals surface area contributed by atoms with Crippen LogP contribution in [0, 0.1) is 5.92 Å². The predicted molar refractivity (Wildman–Crippen MR) is 104 cm³/mol. The first kappa shape index (κ1) is 19.4. The zero-order valence-corrected chi connectivity index (χ0v) is 15.6. The lowest BCUT2D eigenvalue weighted by molar-refractivity contribution is -0.121. The summed E-state index contributed by atoms with van der Waals surface area (Å²) in [5, 5.41) is 11.9. The van der Waals surface area contributed by atoms with Crippen molar-refractivity contribution in [3.8, 4) is 5.75 Å². The van der Waals surface area contributed by atoms with Gasteiger partial charge in [-0.3, -0.25) is 9.59 Å². The number of hydrogen-bond acceptors (Lipinski definition) is 4. The van der Waals surface area contributed by atoms with E-state index in [-0.39, 0.29) is 29.0 Å². The first-order chi connectivity index (χ1) is 13.5. The van der Waals surface area contributed by atoms with Crippen molar-refractivity contribution in [3.05, 3.63) is 59.7 Å². The van der Waals surface area contributed by atoms with Gasteiger partial charge in [0, 0.05) is 36.3 Å². The van der Waals surface area contributed by atoms with Gasteiger partial charge in [-0.15, -0.1) is 0 Å². The van der Waals surface area contributed by atoms with Gasteiger partial charge in [-0.1, -0.05) is 18.2 Å². The van der Waals surface area contributed by atoms with Gasteiger partial charge in [-0.05, 0) is 37.1 Å². The number of carboxylic acid groups (broad SMARTS) is 1. The number of aromatic carboxylic acids is 1. The van der Waals surface area contributed by atoms with Crippen molar-refractivity contribution in [3.63, 3.8) is 0 Å². The number of ether oxygens (including phenoxy) is 1. The fraction of sp³-hybridized carbons (Fsp3) is 0.286. The summed E-state index contributed by atoms with van der Waals surface area (Å²) in [5.74, 6) is -1.27. The number of nitrogens with zero attached hydrogens (tertiary/aromatic N) is 1. The van der Waals surface area contributed by atoms with Crippen molar-refractivity contribution < 1.29 is 24.2 Å². The van der Waals surface area contributed by atoms with Gasteiger partial charge in [0.15, 0.2) is 0 Å². The number of benzene rings is 2. The van der Waals surface area contributed by atoms with E-state index in [1.165, 1.54) is 25.3 Å². The molecule has 0 bridgehead atoms. The molecular weight excluding hydrogens is 360 g/mol. The van der Waals surface area contributed by atoms with Crippen LogP contribution < -0.4 is 10.1 Å². The highest BCUT2D eigenvalue weighted by Gasteiger charge is 2.28. The van der Waals surface area contributed by atoms with Crippen LogP contribution in [0.2, 0.25) is 0 Å². The number of likely N-dealkylation sites (tertiary alicyclic amines) is 1. The van der Waals surface area contributed by atoms with Crippen molar-refractivity contribution in [2.24, 2.45) is 5.92 Å². The molecule has 0 unspecified atom stereocenters. The summed E-state index contributed by atoms with van der Waals surface area (Å²) in [6.45, 7) is 1.04. The largest absolute Gasteiger partial charge is 0.496 e. The molecule has 2 aromatic rings. The molecule has 0 aliphatic carbocycles. The van der Waals surface area contributed by atoms with E-state index in [1.807, 2.05) is 18.2 Å². The maximum atomic E-state index is 12.6. The molecule has 28 heavy (non-hydrogen) atoms. The number of nitrogens with one attached hydrogen (secondary N) is 1. The van der Waals surface area contributed by atoms with Gasteiger partial charge in [0.2, 0.25) is 5.91 Å². The van der Waals surface area contributed by atoms with Gasteiger partial charge < -0.3 is 20.1 Å². The SMILES string of the molecule is COc1cc(NC(=O)C2CCN(C(=O)c3ccccc3)CC2)ccc1C(=O)O. The zero-order valence-electron chi connectivity index (χ0n) is 15.6. The van der Waals surface area contributed by atoms with E-state index >= 15 is 0 Å². The number of hydrogen-bond donors (Lipinski definition) is 2. The first-order valence-corrected chi connectivity index (χ1v) is 9.06. The molecule has 0 saturated carbocycles. The Morgan fingerprint density at radius 1 is 1.07 bits per heavy atom. The number of carbonyl (C=O) groups excluding carboxylic acids is 2. The second kappa shape index (κ2) is 8.56. The number of methoxy groups -OCH3 is 1. The van der Waals surface area contributed by atoms with Crippen LogP contribution in [-0.2, 0) is 4.79 Å². The Labute approximate surface area is 162 Å². The van der Waals surface area contributed by atoms with Gasteiger partial charge in [0.05, 0.1) is 7.11 Å². The van der Waals surface area contributed by atoms with Crippen LogP contribution in [0.4, 0.5) is 5.69 Å². The lowest BCUT2D eigenvalue weighted by Gasteiger charge is -2.31. The molecule has 1 fully saturated rings. The first-order valence-electron chi connectivity index (χ1n) is 9.06. The number of carboxylic acids is 1. The number of anilines is 1. The van der Waals surface area contributed by atoms with Crippen LogP contribution >= 0.6 is 0 Å². The van der Waals surface area contributed by atoms with E-state index in [9.17, 15) is 14.4 Å². The molecule has 2 N–H and O–H groups in total. The van der Waals surface area contributed by atoms with Crippen molar-refractivity contribution >= 4 is 23.5 Å². The van der Waals surface area contributed by atoms with Crippen molar-refractivity contribution in [1.82, 2.24) is 4.90 Å². The van der Waals surface area contributed by atoms with E-state index < -0.39 is 5.97 Å². The fourth-order valence-electron chi connectivity index (χ4n) is 3.30. The van der Waals surface area contributed by atoms with E-state index in [0.29, 0.717) is 37.2 Å².